The third kappa shape index (κ3) is 4.82. The van der Waals surface area contributed by atoms with E-state index in [-0.39, 0.29) is 23.3 Å². The van der Waals surface area contributed by atoms with Crippen LogP contribution < -0.4 is 10.6 Å². The van der Waals surface area contributed by atoms with Gasteiger partial charge in [0.05, 0.1) is 5.69 Å². The molecule has 0 saturated heterocycles. The molecule has 2 N–H and O–H groups in total. The smallest absolute Gasteiger partial charge is 0.271 e. The van der Waals surface area contributed by atoms with E-state index >= 15 is 0 Å². The first-order valence-electron chi connectivity index (χ1n) is 9.05. The maximum absolute atomic E-state index is 12.9. The highest BCUT2D eigenvalue weighted by atomic mass is 19.1. The Bertz CT molecular complexity index is 952. The summed E-state index contributed by atoms with van der Waals surface area (Å²) in [6, 6.07) is 17.0. The van der Waals surface area contributed by atoms with E-state index in [1.807, 2.05) is 30.3 Å². The van der Waals surface area contributed by atoms with E-state index in [1.54, 1.807) is 25.1 Å². The lowest BCUT2D eigenvalue weighted by atomic mass is 10.1. The molecule has 0 spiro atoms. The number of carbonyl (C=O) groups excluding carboxylic acids is 2. The molecule has 6 nitrogen and oxygen atoms in total. The second kappa shape index (κ2) is 8.94. The first-order chi connectivity index (χ1) is 13.6. The Morgan fingerprint density at radius 1 is 1.07 bits per heavy atom. The zero-order valence-electron chi connectivity index (χ0n) is 15.5. The van der Waals surface area contributed by atoms with Gasteiger partial charge in [-0.1, -0.05) is 37.3 Å². The molecule has 1 aromatic heterocycles. The molecule has 1 heterocycles. The number of hydrogen-bond donors (Lipinski definition) is 2. The second-order valence-electron chi connectivity index (χ2n) is 6.20. The summed E-state index contributed by atoms with van der Waals surface area (Å²) in [7, 11) is 0. The number of rotatable bonds is 7. The molecule has 0 saturated carbocycles. The van der Waals surface area contributed by atoms with Crippen LogP contribution in [0.5, 0.6) is 0 Å². The van der Waals surface area contributed by atoms with Crippen LogP contribution in [0.15, 0.2) is 60.7 Å². The van der Waals surface area contributed by atoms with E-state index in [9.17, 15) is 14.0 Å². The van der Waals surface area contributed by atoms with Gasteiger partial charge in [0.15, 0.2) is 5.69 Å². The quantitative estimate of drug-likeness (QED) is 0.660. The molecule has 0 unspecified atom stereocenters. The summed E-state index contributed by atoms with van der Waals surface area (Å²) in [4.78, 5) is 24.3. The van der Waals surface area contributed by atoms with Crippen LogP contribution in [0.3, 0.4) is 0 Å². The van der Waals surface area contributed by atoms with Crippen LogP contribution >= 0.6 is 0 Å². The molecule has 0 aliphatic carbocycles. The number of amides is 2. The van der Waals surface area contributed by atoms with Gasteiger partial charge in [-0.25, -0.2) is 9.07 Å². The fourth-order valence-corrected chi connectivity index (χ4v) is 2.64. The van der Waals surface area contributed by atoms with Gasteiger partial charge < -0.3 is 10.6 Å². The molecule has 2 amide bonds. The molecule has 0 aliphatic heterocycles. The Hall–Kier alpha value is -3.48. The van der Waals surface area contributed by atoms with Crippen molar-refractivity contribution in [3.8, 4) is 5.69 Å². The Morgan fingerprint density at radius 3 is 2.46 bits per heavy atom. The largest absolute Gasteiger partial charge is 0.350 e. The molecule has 2 aromatic carbocycles. The van der Waals surface area contributed by atoms with Crippen LogP contribution in [-0.4, -0.2) is 28.1 Å². The zero-order chi connectivity index (χ0) is 19.9. The standard InChI is InChI=1S/C21H21FN4O2/c1-2-20(27)24-19-14-18(25-26(19)17-6-4-3-5-7-17)21(28)23-13-12-15-8-10-16(22)11-9-15/h3-11,14H,2,12-13H2,1H3,(H,23,28)(H,24,27). The van der Waals surface area contributed by atoms with Gasteiger partial charge in [0.1, 0.15) is 11.6 Å². The molecule has 3 rings (SSSR count). The average Bonchev–Trinajstić information content (AvgIpc) is 3.14. The van der Waals surface area contributed by atoms with Gasteiger partial charge in [0, 0.05) is 19.0 Å². The molecule has 0 fully saturated rings. The summed E-state index contributed by atoms with van der Waals surface area (Å²) in [5.41, 5.74) is 1.86. The van der Waals surface area contributed by atoms with Crippen LogP contribution in [0, 0.1) is 5.82 Å². The lowest BCUT2D eigenvalue weighted by molar-refractivity contribution is -0.115. The van der Waals surface area contributed by atoms with Crippen LogP contribution in [0.4, 0.5) is 10.2 Å². The summed E-state index contributed by atoms with van der Waals surface area (Å²) in [5.74, 6) is -0.369. The Labute approximate surface area is 162 Å². The van der Waals surface area contributed by atoms with Crippen molar-refractivity contribution in [3.63, 3.8) is 0 Å². The third-order valence-corrected chi connectivity index (χ3v) is 4.14. The number of carbonyl (C=O) groups is 2. The minimum atomic E-state index is -0.344. The molecule has 7 heteroatoms. The number of nitrogens with zero attached hydrogens (tertiary/aromatic N) is 2. The minimum absolute atomic E-state index is 0.166. The topological polar surface area (TPSA) is 76.0 Å². The summed E-state index contributed by atoms with van der Waals surface area (Å²) in [6.07, 6.45) is 0.893. The number of nitrogens with one attached hydrogen (secondary N) is 2. The lowest BCUT2D eigenvalue weighted by Gasteiger charge is -2.07. The maximum atomic E-state index is 12.9. The highest BCUT2D eigenvalue weighted by molar-refractivity contribution is 5.95. The SMILES string of the molecule is CCC(=O)Nc1cc(C(=O)NCCc2ccc(F)cc2)nn1-c1ccccc1. The number of aromatic nitrogens is 2. The number of hydrogen-bond acceptors (Lipinski definition) is 3. The summed E-state index contributed by atoms with van der Waals surface area (Å²) in [5, 5.41) is 9.91. The van der Waals surface area contributed by atoms with Crippen molar-refractivity contribution in [2.75, 3.05) is 11.9 Å². The Morgan fingerprint density at radius 2 is 1.79 bits per heavy atom. The third-order valence-electron chi connectivity index (χ3n) is 4.14. The van der Waals surface area contributed by atoms with E-state index in [2.05, 4.69) is 15.7 Å². The number of halogens is 1. The molecular formula is C21H21FN4O2. The summed E-state index contributed by atoms with van der Waals surface area (Å²) < 4.78 is 14.5. The molecule has 144 valence electrons. The number of benzene rings is 2. The highest BCUT2D eigenvalue weighted by Gasteiger charge is 2.16. The van der Waals surface area contributed by atoms with E-state index in [0.29, 0.717) is 25.2 Å². The van der Waals surface area contributed by atoms with Crippen molar-refractivity contribution in [3.05, 3.63) is 77.7 Å². The van der Waals surface area contributed by atoms with E-state index < -0.39 is 0 Å². The van der Waals surface area contributed by atoms with Gasteiger partial charge in [-0.3, -0.25) is 9.59 Å². The van der Waals surface area contributed by atoms with Crippen LogP contribution in [0.1, 0.15) is 29.4 Å². The van der Waals surface area contributed by atoms with E-state index in [0.717, 1.165) is 11.3 Å². The van der Waals surface area contributed by atoms with Crippen LogP contribution in [0.2, 0.25) is 0 Å². The average molecular weight is 380 g/mol. The second-order valence-corrected chi connectivity index (χ2v) is 6.20. The van der Waals surface area contributed by atoms with Gasteiger partial charge in [-0.15, -0.1) is 0 Å². The first kappa shape index (κ1) is 19.3. The van der Waals surface area contributed by atoms with Crippen molar-refractivity contribution in [1.29, 1.82) is 0 Å². The van der Waals surface area contributed by atoms with Gasteiger partial charge in [-0.2, -0.15) is 5.10 Å². The normalized spacial score (nSPS) is 10.5. The molecule has 28 heavy (non-hydrogen) atoms. The fraction of sp³-hybridized carbons (Fsp3) is 0.190. The van der Waals surface area contributed by atoms with Crippen molar-refractivity contribution in [1.82, 2.24) is 15.1 Å². The fourth-order valence-electron chi connectivity index (χ4n) is 2.64. The Kier molecular flexibility index (Phi) is 6.16. The molecule has 0 atom stereocenters. The summed E-state index contributed by atoms with van der Waals surface area (Å²) in [6.45, 7) is 2.14. The van der Waals surface area contributed by atoms with Gasteiger partial charge in [0.25, 0.3) is 5.91 Å². The Balaban J connectivity index is 1.72. The van der Waals surface area contributed by atoms with E-state index in [4.69, 9.17) is 0 Å². The minimum Gasteiger partial charge on any atom is -0.350 e. The monoisotopic (exact) mass is 380 g/mol. The molecular weight excluding hydrogens is 359 g/mol. The number of anilines is 1. The predicted octanol–water partition coefficient (Wildman–Crippen LogP) is 3.33. The van der Waals surface area contributed by atoms with E-state index in [1.165, 1.54) is 16.8 Å². The van der Waals surface area contributed by atoms with Gasteiger partial charge >= 0.3 is 0 Å². The predicted molar refractivity (Wildman–Crippen MR) is 105 cm³/mol. The van der Waals surface area contributed by atoms with Gasteiger partial charge in [-0.05, 0) is 36.2 Å². The highest BCUT2D eigenvalue weighted by Crippen LogP contribution is 2.17. The summed E-state index contributed by atoms with van der Waals surface area (Å²) >= 11 is 0. The van der Waals surface area contributed by atoms with Crippen LogP contribution in [-0.2, 0) is 11.2 Å². The molecule has 3 aromatic rings. The maximum Gasteiger partial charge on any atom is 0.271 e. The van der Waals surface area contributed by atoms with Gasteiger partial charge in [0.2, 0.25) is 5.91 Å². The molecule has 0 aliphatic rings. The van der Waals surface area contributed by atoms with Crippen molar-refractivity contribution >= 4 is 17.6 Å². The van der Waals surface area contributed by atoms with Crippen molar-refractivity contribution < 1.29 is 14.0 Å². The molecule has 0 radical (unpaired) electrons. The van der Waals surface area contributed by atoms with Crippen molar-refractivity contribution in [2.45, 2.75) is 19.8 Å². The van der Waals surface area contributed by atoms with Crippen LogP contribution in [0.25, 0.3) is 5.69 Å². The first-order valence-corrected chi connectivity index (χ1v) is 9.05. The lowest BCUT2D eigenvalue weighted by Crippen LogP contribution is -2.26. The molecule has 0 bridgehead atoms. The van der Waals surface area contributed by atoms with Crippen molar-refractivity contribution in [2.24, 2.45) is 0 Å². The zero-order valence-corrected chi connectivity index (χ0v) is 15.5. The number of para-hydroxylation sites is 1.